The Labute approximate surface area is 106 Å². The van der Waals surface area contributed by atoms with Crippen LogP contribution in [0.2, 0.25) is 0 Å². The molecule has 0 aliphatic carbocycles. The maximum atomic E-state index is 11.9. The fourth-order valence-corrected chi connectivity index (χ4v) is 1.49. The van der Waals surface area contributed by atoms with Crippen molar-refractivity contribution in [3.63, 3.8) is 0 Å². The van der Waals surface area contributed by atoms with Crippen molar-refractivity contribution in [2.75, 3.05) is 5.32 Å². The van der Waals surface area contributed by atoms with Crippen molar-refractivity contribution < 1.29 is 4.79 Å². The van der Waals surface area contributed by atoms with Crippen LogP contribution in [0.25, 0.3) is 0 Å². The molecule has 0 bridgehead atoms. The van der Waals surface area contributed by atoms with Gasteiger partial charge in [-0.2, -0.15) is 5.10 Å². The Morgan fingerprint density at radius 3 is 2.33 bits per heavy atom. The van der Waals surface area contributed by atoms with E-state index in [1.807, 2.05) is 50.2 Å². The number of para-hydroxylation sites is 1. The number of amides is 1. The van der Waals surface area contributed by atoms with E-state index in [0.717, 1.165) is 11.4 Å². The first-order chi connectivity index (χ1) is 8.66. The lowest BCUT2D eigenvalue weighted by Crippen LogP contribution is -2.14. The second-order valence-corrected chi connectivity index (χ2v) is 4.32. The lowest BCUT2D eigenvalue weighted by atomic mass is 10.1. The molecule has 0 fully saturated rings. The molecule has 18 heavy (non-hydrogen) atoms. The minimum atomic E-state index is -0.246. The third kappa shape index (κ3) is 2.91. The lowest BCUT2D eigenvalue weighted by Gasteiger charge is -2.05. The summed E-state index contributed by atoms with van der Waals surface area (Å²) < 4.78 is 0. The van der Waals surface area contributed by atoms with E-state index in [4.69, 9.17) is 0 Å². The molecule has 1 aromatic carbocycles. The molecule has 1 heterocycles. The molecule has 0 spiro atoms. The molecule has 0 radical (unpaired) electrons. The second kappa shape index (κ2) is 5.40. The summed E-state index contributed by atoms with van der Waals surface area (Å²) in [6, 6.07) is 12.8. The standard InChI is InChI=1S/C14H15N3O/c1-10(2)12-8-9-13(17-16-12)14(18)15-11-6-4-3-5-7-11/h3-10H,1-2H3,(H,15,18). The summed E-state index contributed by atoms with van der Waals surface area (Å²) in [5.74, 6) is 0.0627. The molecule has 0 saturated carbocycles. The maximum Gasteiger partial charge on any atom is 0.276 e. The van der Waals surface area contributed by atoms with Crippen molar-refractivity contribution >= 4 is 11.6 Å². The van der Waals surface area contributed by atoms with Crippen LogP contribution in [0.15, 0.2) is 42.5 Å². The van der Waals surface area contributed by atoms with Gasteiger partial charge in [0.05, 0.1) is 5.69 Å². The number of hydrogen-bond acceptors (Lipinski definition) is 3. The van der Waals surface area contributed by atoms with E-state index in [1.165, 1.54) is 0 Å². The molecule has 0 aliphatic heterocycles. The minimum absolute atomic E-state index is 0.246. The zero-order valence-electron chi connectivity index (χ0n) is 10.4. The first kappa shape index (κ1) is 12.2. The molecular formula is C14H15N3O. The van der Waals surface area contributed by atoms with Crippen molar-refractivity contribution in [3.05, 3.63) is 53.9 Å². The number of nitrogens with one attached hydrogen (secondary N) is 1. The Balaban J connectivity index is 2.10. The monoisotopic (exact) mass is 241 g/mol. The van der Waals surface area contributed by atoms with Crippen LogP contribution < -0.4 is 5.32 Å². The Bertz CT molecular complexity index is 520. The normalized spacial score (nSPS) is 10.4. The molecule has 2 rings (SSSR count). The average molecular weight is 241 g/mol. The molecular weight excluding hydrogens is 226 g/mol. The van der Waals surface area contributed by atoms with Crippen LogP contribution in [0.5, 0.6) is 0 Å². The van der Waals surface area contributed by atoms with Gasteiger partial charge in [0.1, 0.15) is 0 Å². The van der Waals surface area contributed by atoms with Crippen molar-refractivity contribution in [2.45, 2.75) is 19.8 Å². The topological polar surface area (TPSA) is 54.9 Å². The van der Waals surface area contributed by atoms with Crippen molar-refractivity contribution in [1.29, 1.82) is 0 Å². The predicted molar refractivity (Wildman–Crippen MR) is 70.5 cm³/mol. The van der Waals surface area contributed by atoms with E-state index in [9.17, 15) is 4.79 Å². The van der Waals surface area contributed by atoms with Gasteiger partial charge in [-0.15, -0.1) is 5.10 Å². The van der Waals surface area contributed by atoms with Crippen LogP contribution >= 0.6 is 0 Å². The van der Waals surface area contributed by atoms with Gasteiger partial charge in [-0.05, 0) is 30.2 Å². The summed E-state index contributed by atoms with van der Waals surface area (Å²) >= 11 is 0. The van der Waals surface area contributed by atoms with Gasteiger partial charge >= 0.3 is 0 Å². The zero-order chi connectivity index (χ0) is 13.0. The Morgan fingerprint density at radius 1 is 1.06 bits per heavy atom. The molecule has 4 heteroatoms. The summed E-state index contributed by atoms with van der Waals surface area (Å²) in [4.78, 5) is 11.9. The third-order valence-electron chi connectivity index (χ3n) is 2.54. The number of benzene rings is 1. The zero-order valence-corrected chi connectivity index (χ0v) is 10.4. The molecule has 0 atom stereocenters. The number of carbonyl (C=O) groups is 1. The van der Waals surface area contributed by atoms with Crippen molar-refractivity contribution in [1.82, 2.24) is 10.2 Å². The molecule has 0 unspecified atom stereocenters. The van der Waals surface area contributed by atoms with E-state index in [1.54, 1.807) is 6.07 Å². The Morgan fingerprint density at radius 2 is 1.78 bits per heavy atom. The number of carbonyl (C=O) groups excluding carboxylic acids is 1. The van der Waals surface area contributed by atoms with Gasteiger partial charge in [0.25, 0.3) is 5.91 Å². The highest BCUT2D eigenvalue weighted by atomic mass is 16.1. The van der Waals surface area contributed by atoms with Gasteiger partial charge in [0, 0.05) is 5.69 Å². The highest BCUT2D eigenvalue weighted by Gasteiger charge is 2.09. The van der Waals surface area contributed by atoms with Crippen LogP contribution in [0.4, 0.5) is 5.69 Å². The molecule has 0 aliphatic rings. The van der Waals surface area contributed by atoms with E-state index >= 15 is 0 Å². The number of rotatable bonds is 3. The van der Waals surface area contributed by atoms with E-state index in [0.29, 0.717) is 11.6 Å². The minimum Gasteiger partial charge on any atom is -0.321 e. The lowest BCUT2D eigenvalue weighted by molar-refractivity contribution is 0.102. The third-order valence-corrected chi connectivity index (χ3v) is 2.54. The first-order valence-corrected chi connectivity index (χ1v) is 5.87. The number of hydrogen-bond donors (Lipinski definition) is 1. The fraction of sp³-hybridized carbons (Fsp3) is 0.214. The molecule has 1 aromatic heterocycles. The quantitative estimate of drug-likeness (QED) is 0.899. The first-order valence-electron chi connectivity index (χ1n) is 5.87. The Hall–Kier alpha value is -2.23. The molecule has 0 saturated heterocycles. The van der Waals surface area contributed by atoms with Crippen LogP contribution in [-0.4, -0.2) is 16.1 Å². The SMILES string of the molecule is CC(C)c1ccc(C(=O)Nc2ccccc2)nn1. The van der Waals surface area contributed by atoms with E-state index < -0.39 is 0 Å². The van der Waals surface area contributed by atoms with E-state index in [2.05, 4.69) is 15.5 Å². The highest BCUT2D eigenvalue weighted by molar-refractivity contribution is 6.02. The highest BCUT2D eigenvalue weighted by Crippen LogP contribution is 2.11. The van der Waals surface area contributed by atoms with Gasteiger partial charge in [-0.3, -0.25) is 4.79 Å². The summed E-state index contributed by atoms with van der Waals surface area (Å²) in [5.41, 5.74) is 1.95. The van der Waals surface area contributed by atoms with Gasteiger partial charge in [0.2, 0.25) is 0 Å². The molecule has 92 valence electrons. The summed E-state index contributed by atoms with van der Waals surface area (Å²) in [7, 11) is 0. The van der Waals surface area contributed by atoms with Crippen LogP contribution in [0.1, 0.15) is 35.9 Å². The summed E-state index contributed by atoms with van der Waals surface area (Å²) in [5, 5.41) is 10.7. The summed E-state index contributed by atoms with van der Waals surface area (Å²) in [6.07, 6.45) is 0. The van der Waals surface area contributed by atoms with Crippen molar-refractivity contribution in [2.24, 2.45) is 0 Å². The largest absolute Gasteiger partial charge is 0.321 e. The molecule has 2 aromatic rings. The second-order valence-electron chi connectivity index (χ2n) is 4.32. The number of anilines is 1. The predicted octanol–water partition coefficient (Wildman–Crippen LogP) is 2.85. The van der Waals surface area contributed by atoms with E-state index in [-0.39, 0.29) is 5.91 Å². The van der Waals surface area contributed by atoms with Crippen molar-refractivity contribution in [3.8, 4) is 0 Å². The smallest absolute Gasteiger partial charge is 0.276 e. The summed E-state index contributed by atoms with van der Waals surface area (Å²) in [6.45, 7) is 4.07. The number of nitrogens with zero attached hydrogens (tertiary/aromatic N) is 2. The van der Waals surface area contributed by atoms with Crippen LogP contribution in [0, 0.1) is 0 Å². The molecule has 1 N–H and O–H groups in total. The molecule has 4 nitrogen and oxygen atoms in total. The maximum absolute atomic E-state index is 11.9. The average Bonchev–Trinajstić information content (AvgIpc) is 2.40. The van der Waals surface area contributed by atoms with Gasteiger partial charge in [-0.1, -0.05) is 32.0 Å². The van der Waals surface area contributed by atoms with Gasteiger partial charge in [0.15, 0.2) is 5.69 Å². The molecule has 1 amide bonds. The van der Waals surface area contributed by atoms with Gasteiger partial charge < -0.3 is 5.32 Å². The Kier molecular flexibility index (Phi) is 3.67. The number of aromatic nitrogens is 2. The van der Waals surface area contributed by atoms with Crippen LogP contribution in [0.3, 0.4) is 0 Å². The fourth-order valence-electron chi connectivity index (χ4n) is 1.49. The van der Waals surface area contributed by atoms with Gasteiger partial charge in [-0.25, -0.2) is 0 Å². The van der Waals surface area contributed by atoms with Crippen LogP contribution in [-0.2, 0) is 0 Å².